The number of benzene rings is 1. The fourth-order valence-corrected chi connectivity index (χ4v) is 4.03. The standard InChI is InChI=1S/C21H25ClFN5O3/c1-11(2)26-21(31)17-18(19(24)29)28(10-25-17)14-6-3-12(4-7-14)20(30)27-16-8-5-13(23)9-15(16)22/h5,8-12,14H,3-4,6-7H2,1-2H3,(H2,24,29)(H,26,31)(H,27,30)/t12-,14-. The van der Waals surface area contributed by atoms with E-state index in [2.05, 4.69) is 15.6 Å². The fourth-order valence-electron chi connectivity index (χ4n) is 3.82. The molecule has 0 unspecified atom stereocenters. The largest absolute Gasteiger partial charge is 0.364 e. The molecule has 1 fully saturated rings. The number of nitrogens with two attached hydrogens (primary N) is 1. The maximum absolute atomic E-state index is 13.2. The highest BCUT2D eigenvalue weighted by molar-refractivity contribution is 6.33. The van der Waals surface area contributed by atoms with Crippen LogP contribution in [-0.4, -0.2) is 33.3 Å². The molecule has 0 atom stereocenters. The quantitative estimate of drug-likeness (QED) is 0.626. The van der Waals surface area contributed by atoms with E-state index in [1.54, 1.807) is 4.57 Å². The molecule has 0 bridgehead atoms. The summed E-state index contributed by atoms with van der Waals surface area (Å²) in [5.74, 6) is -2.09. The summed E-state index contributed by atoms with van der Waals surface area (Å²) in [6.07, 6.45) is 3.81. The molecule has 1 aromatic heterocycles. The normalized spacial score (nSPS) is 18.6. The first-order valence-corrected chi connectivity index (χ1v) is 10.5. The lowest BCUT2D eigenvalue weighted by atomic mass is 9.85. The Hall–Kier alpha value is -2.94. The predicted molar refractivity (Wildman–Crippen MR) is 114 cm³/mol. The topological polar surface area (TPSA) is 119 Å². The zero-order valence-electron chi connectivity index (χ0n) is 17.3. The van der Waals surface area contributed by atoms with Crippen molar-refractivity contribution in [1.82, 2.24) is 14.9 Å². The third-order valence-electron chi connectivity index (χ3n) is 5.31. The molecule has 0 saturated heterocycles. The van der Waals surface area contributed by atoms with E-state index in [0.29, 0.717) is 31.4 Å². The van der Waals surface area contributed by atoms with Crippen LogP contribution in [0.25, 0.3) is 0 Å². The summed E-state index contributed by atoms with van der Waals surface area (Å²) in [6, 6.07) is 3.59. The van der Waals surface area contributed by atoms with Crippen LogP contribution < -0.4 is 16.4 Å². The summed E-state index contributed by atoms with van der Waals surface area (Å²) in [5.41, 5.74) is 5.98. The number of hydrogen-bond donors (Lipinski definition) is 3. The summed E-state index contributed by atoms with van der Waals surface area (Å²) in [5, 5.41) is 5.60. The molecule has 1 saturated carbocycles. The summed E-state index contributed by atoms with van der Waals surface area (Å²) >= 11 is 5.98. The van der Waals surface area contributed by atoms with Gasteiger partial charge < -0.3 is 20.9 Å². The highest BCUT2D eigenvalue weighted by Gasteiger charge is 2.31. The second-order valence-electron chi connectivity index (χ2n) is 7.96. The maximum atomic E-state index is 13.2. The lowest BCUT2D eigenvalue weighted by molar-refractivity contribution is -0.121. The first-order valence-electron chi connectivity index (χ1n) is 10.1. The van der Waals surface area contributed by atoms with Crippen LogP contribution in [0.15, 0.2) is 24.5 Å². The van der Waals surface area contributed by atoms with Gasteiger partial charge in [-0.2, -0.15) is 0 Å². The number of aromatic nitrogens is 2. The molecular formula is C21H25ClFN5O3. The van der Waals surface area contributed by atoms with Gasteiger partial charge in [-0.25, -0.2) is 9.37 Å². The van der Waals surface area contributed by atoms with Crippen LogP contribution in [0.5, 0.6) is 0 Å². The molecule has 4 N–H and O–H groups in total. The van der Waals surface area contributed by atoms with Crippen LogP contribution in [0.2, 0.25) is 5.02 Å². The Bertz CT molecular complexity index is 999. The number of amides is 3. The average Bonchev–Trinajstić information content (AvgIpc) is 3.15. The van der Waals surface area contributed by atoms with Crippen LogP contribution in [0.3, 0.4) is 0 Å². The van der Waals surface area contributed by atoms with E-state index in [4.69, 9.17) is 17.3 Å². The molecular weight excluding hydrogens is 425 g/mol. The van der Waals surface area contributed by atoms with E-state index in [-0.39, 0.29) is 40.3 Å². The van der Waals surface area contributed by atoms with E-state index in [1.807, 2.05) is 13.8 Å². The molecule has 1 aromatic carbocycles. The number of hydrogen-bond acceptors (Lipinski definition) is 4. The van der Waals surface area contributed by atoms with E-state index in [9.17, 15) is 18.8 Å². The van der Waals surface area contributed by atoms with Crippen LogP contribution in [-0.2, 0) is 4.79 Å². The molecule has 3 amide bonds. The van der Waals surface area contributed by atoms with E-state index >= 15 is 0 Å². The zero-order chi connectivity index (χ0) is 22.7. The minimum Gasteiger partial charge on any atom is -0.364 e. The second kappa shape index (κ2) is 9.47. The van der Waals surface area contributed by atoms with Gasteiger partial charge in [-0.1, -0.05) is 11.6 Å². The van der Waals surface area contributed by atoms with Gasteiger partial charge in [0.05, 0.1) is 17.0 Å². The Balaban J connectivity index is 1.68. The van der Waals surface area contributed by atoms with Gasteiger partial charge in [0.15, 0.2) is 5.69 Å². The van der Waals surface area contributed by atoms with Gasteiger partial charge in [0.1, 0.15) is 11.5 Å². The summed E-state index contributed by atoms with van der Waals surface area (Å²) in [7, 11) is 0. The van der Waals surface area contributed by atoms with Crippen LogP contribution in [0, 0.1) is 11.7 Å². The smallest absolute Gasteiger partial charge is 0.272 e. The van der Waals surface area contributed by atoms with Crippen molar-refractivity contribution in [3.63, 3.8) is 0 Å². The van der Waals surface area contributed by atoms with Gasteiger partial charge in [0, 0.05) is 18.0 Å². The highest BCUT2D eigenvalue weighted by atomic mass is 35.5. The van der Waals surface area contributed by atoms with Crippen molar-refractivity contribution in [2.24, 2.45) is 11.7 Å². The zero-order valence-corrected chi connectivity index (χ0v) is 18.1. The number of carbonyl (C=O) groups is 3. The number of nitrogens with zero attached hydrogens (tertiary/aromatic N) is 2. The van der Waals surface area contributed by atoms with Gasteiger partial charge in [-0.15, -0.1) is 0 Å². The summed E-state index contributed by atoms with van der Waals surface area (Å²) in [4.78, 5) is 41.1. The Morgan fingerprint density at radius 2 is 1.90 bits per heavy atom. The van der Waals surface area contributed by atoms with Crippen LogP contribution >= 0.6 is 11.6 Å². The van der Waals surface area contributed by atoms with E-state index < -0.39 is 17.6 Å². The lowest BCUT2D eigenvalue weighted by Crippen LogP contribution is -2.33. The molecule has 1 aliphatic carbocycles. The van der Waals surface area contributed by atoms with Crippen LogP contribution in [0.4, 0.5) is 10.1 Å². The highest BCUT2D eigenvalue weighted by Crippen LogP contribution is 2.34. The van der Waals surface area contributed by atoms with Gasteiger partial charge in [-0.3, -0.25) is 14.4 Å². The Morgan fingerprint density at radius 1 is 1.23 bits per heavy atom. The number of nitrogens with one attached hydrogen (secondary N) is 2. The average molecular weight is 450 g/mol. The number of carbonyl (C=O) groups excluding carboxylic acids is 3. The minimum absolute atomic E-state index is 0.00650. The molecule has 0 spiro atoms. The van der Waals surface area contributed by atoms with Crippen molar-refractivity contribution in [2.75, 3.05) is 5.32 Å². The molecule has 0 aliphatic heterocycles. The summed E-state index contributed by atoms with van der Waals surface area (Å²) < 4.78 is 14.8. The lowest BCUT2D eigenvalue weighted by Gasteiger charge is -2.29. The number of rotatable bonds is 6. The van der Waals surface area contributed by atoms with Crippen molar-refractivity contribution >= 4 is 35.0 Å². The molecule has 31 heavy (non-hydrogen) atoms. The van der Waals surface area contributed by atoms with Gasteiger partial charge in [-0.05, 0) is 57.7 Å². The minimum atomic E-state index is -0.725. The first kappa shape index (κ1) is 22.7. The van der Waals surface area contributed by atoms with Crippen molar-refractivity contribution in [3.05, 3.63) is 46.8 Å². The molecule has 1 aliphatic rings. The molecule has 1 heterocycles. The van der Waals surface area contributed by atoms with Gasteiger partial charge in [0.25, 0.3) is 11.8 Å². The van der Waals surface area contributed by atoms with E-state index in [0.717, 1.165) is 6.07 Å². The molecule has 166 valence electrons. The second-order valence-corrected chi connectivity index (χ2v) is 8.37. The van der Waals surface area contributed by atoms with Gasteiger partial charge in [0.2, 0.25) is 5.91 Å². The third-order valence-corrected chi connectivity index (χ3v) is 5.62. The molecule has 10 heteroatoms. The maximum Gasteiger partial charge on any atom is 0.272 e. The number of anilines is 1. The molecule has 8 nitrogen and oxygen atoms in total. The number of halogens is 2. The van der Waals surface area contributed by atoms with Crippen LogP contribution in [0.1, 0.15) is 66.5 Å². The molecule has 3 rings (SSSR count). The summed E-state index contributed by atoms with van der Waals surface area (Å²) in [6.45, 7) is 3.62. The Kier molecular flexibility index (Phi) is 6.94. The van der Waals surface area contributed by atoms with E-state index in [1.165, 1.54) is 18.5 Å². The Morgan fingerprint density at radius 3 is 2.48 bits per heavy atom. The number of imidazole rings is 1. The molecule has 2 aromatic rings. The van der Waals surface area contributed by atoms with Crippen molar-refractivity contribution < 1.29 is 18.8 Å². The molecule has 0 radical (unpaired) electrons. The SMILES string of the molecule is CC(C)NC(=O)c1ncn([C@H]2CC[C@H](C(=O)Nc3ccc(F)cc3Cl)CC2)c1C(N)=O. The Labute approximate surface area is 184 Å². The first-order chi connectivity index (χ1) is 14.7. The predicted octanol–water partition coefficient (Wildman–Crippen LogP) is 3.28. The van der Waals surface area contributed by atoms with Crippen molar-refractivity contribution in [2.45, 2.75) is 51.6 Å². The fraction of sp³-hybridized carbons (Fsp3) is 0.429. The number of primary amides is 1. The van der Waals surface area contributed by atoms with Crippen molar-refractivity contribution in [3.8, 4) is 0 Å². The third kappa shape index (κ3) is 5.22. The van der Waals surface area contributed by atoms with Gasteiger partial charge >= 0.3 is 0 Å². The monoisotopic (exact) mass is 449 g/mol. The van der Waals surface area contributed by atoms with Crippen molar-refractivity contribution in [1.29, 1.82) is 0 Å².